The monoisotopic (exact) mass is 211 g/mol. The molecule has 0 heterocycles. The molecule has 0 unspecified atom stereocenters. The first-order valence-corrected chi connectivity index (χ1v) is 4.69. The van der Waals surface area contributed by atoms with Crippen LogP contribution >= 0.6 is 0 Å². The van der Waals surface area contributed by atoms with Gasteiger partial charge in [0, 0.05) is 5.69 Å². The van der Waals surface area contributed by atoms with Gasteiger partial charge in [-0.25, -0.2) is 0 Å². The van der Waals surface area contributed by atoms with Crippen molar-refractivity contribution in [3.05, 3.63) is 23.8 Å². The van der Waals surface area contributed by atoms with Crippen LogP contribution < -0.4 is 35.3 Å². The Hall–Kier alpha value is -0.0700. The summed E-state index contributed by atoms with van der Waals surface area (Å²) in [6, 6.07) is 4.19. The van der Waals surface area contributed by atoms with E-state index in [0.29, 0.717) is 11.3 Å². The Balaban J connectivity index is 0. The van der Waals surface area contributed by atoms with E-state index < -0.39 is 10.1 Å². The molecule has 1 rings (SSSR count). The van der Waals surface area contributed by atoms with Gasteiger partial charge in [0.2, 0.25) is 0 Å². The molecule has 3 N–H and O–H groups in total. The summed E-state index contributed by atoms with van der Waals surface area (Å²) in [6.45, 7) is 1.57. The van der Waals surface area contributed by atoms with Gasteiger partial charge in [0.1, 0.15) is 0 Å². The topological polar surface area (TPSA) is 80.4 Å². The van der Waals surface area contributed by atoms with E-state index in [4.69, 9.17) is 10.3 Å². The van der Waals surface area contributed by atoms with E-state index in [2.05, 4.69) is 0 Å². The fourth-order valence-corrected chi connectivity index (χ4v) is 1.67. The molecule has 1 aromatic rings. The Labute approximate surface area is 101 Å². The van der Waals surface area contributed by atoms with Gasteiger partial charge in [0.25, 0.3) is 10.1 Å². The molecule has 0 saturated heterocycles. The predicted molar refractivity (Wildman–Crippen MR) is 46.5 cm³/mol. The smallest absolute Gasteiger partial charge is 1.00 e. The number of aryl methyl sites for hydroxylation is 1. The SMILES string of the molecule is Cc1cc(N)ccc1S(=O)(=O)O.[H-].[Na+]. The second-order valence-corrected chi connectivity index (χ2v) is 3.89. The third-order valence-electron chi connectivity index (χ3n) is 1.48. The van der Waals surface area contributed by atoms with Crippen LogP contribution in [0.5, 0.6) is 0 Å². The maximum Gasteiger partial charge on any atom is 1.00 e. The van der Waals surface area contributed by atoms with Crippen LogP contribution in [-0.4, -0.2) is 13.0 Å². The van der Waals surface area contributed by atoms with Crippen LogP contribution in [0.25, 0.3) is 0 Å². The minimum absolute atomic E-state index is 0. The van der Waals surface area contributed by atoms with Crippen molar-refractivity contribution in [3.8, 4) is 0 Å². The standard InChI is InChI=1S/C7H9NO3S.Na.H/c1-5-4-6(8)2-3-7(5)12(9,10)11;;/h2-4H,8H2,1H3,(H,9,10,11);;/q;+1;-1. The molecule has 6 heteroatoms. The van der Waals surface area contributed by atoms with E-state index in [-0.39, 0.29) is 35.9 Å². The van der Waals surface area contributed by atoms with Crippen LogP contribution in [0.4, 0.5) is 5.69 Å². The zero-order valence-corrected chi connectivity index (χ0v) is 10.3. The summed E-state index contributed by atoms with van der Waals surface area (Å²) in [7, 11) is -4.11. The number of hydrogen-bond donors (Lipinski definition) is 2. The van der Waals surface area contributed by atoms with Crippen molar-refractivity contribution in [2.24, 2.45) is 0 Å². The van der Waals surface area contributed by atoms with Crippen molar-refractivity contribution < 1.29 is 44.0 Å². The average molecular weight is 211 g/mol. The zero-order chi connectivity index (χ0) is 9.35. The second-order valence-electron chi connectivity index (χ2n) is 2.50. The van der Waals surface area contributed by atoms with Gasteiger partial charge in [-0.05, 0) is 30.7 Å². The molecule has 0 radical (unpaired) electrons. The summed E-state index contributed by atoms with van der Waals surface area (Å²) < 4.78 is 30.1. The first-order valence-electron chi connectivity index (χ1n) is 3.25. The van der Waals surface area contributed by atoms with Crippen LogP contribution in [0.15, 0.2) is 23.1 Å². The Bertz CT molecular complexity index is 407. The summed E-state index contributed by atoms with van der Waals surface area (Å²) in [5, 5.41) is 0. The third-order valence-corrected chi connectivity index (χ3v) is 2.49. The van der Waals surface area contributed by atoms with Crippen LogP contribution in [0.3, 0.4) is 0 Å². The molecule has 0 aromatic heterocycles. The molecular weight excluding hydrogens is 201 g/mol. The summed E-state index contributed by atoms with van der Waals surface area (Å²) in [4.78, 5) is -0.100. The van der Waals surface area contributed by atoms with Crippen molar-refractivity contribution in [2.45, 2.75) is 11.8 Å². The summed E-state index contributed by atoms with van der Waals surface area (Å²) in [6.07, 6.45) is 0. The minimum Gasteiger partial charge on any atom is -1.00 e. The molecule has 0 spiro atoms. The number of rotatable bonds is 1. The zero-order valence-electron chi connectivity index (χ0n) is 8.48. The van der Waals surface area contributed by atoms with Crippen LogP contribution in [0, 0.1) is 6.92 Å². The first-order chi connectivity index (χ1) is 5.41. The fourth-order valence-electron chi connectivity index (χ4n) is 0.962. The van der Waals surface area contributed by atoms with Crippen LogP contribution in [0.2, 0.25) is 0 Å². The second kappa shape index (κ2) is 4.43. The van der Waals surface area contributed by atoms with Gasteiger partial charge in [-0.3, -0.25) is 4.55 Å². The van der Waals surface area contributed by atoms with Gasteiger partial charge >= 0.3 is 29.6 Å². The molecule has 0 bridgehead atoms. The predicted octanol–water partition coefficient (Wildman–Crippen LogP) is -2.06. The van der Waals surface area contributed by atoms with Crippen molar-refractivity contribution in [1.82, 2.24) is 0 Å². The Morgan fingerprint density at radius 1 is 1.46 bits per heavy atom. The first kappa shape index (κ1) is 12.9. The maximum atomic E-state index is 10.7. The van der Waals surface area contributed by atoms with E-state index in [1.165, 1.54) is 18.2 Å². The van der Waals surface area contributed by atoms with Crippen molar-refractivity contribution >= 4 is 15.8 Å². The molecule has 0 aliphatic carbocycles. The molecule has 68 valence electrons. The molecule has 0 amide bonds. The number of anilines is 1. The van der Waals surface area contributed by atoms with E-state index in [1.807, 2.05) is 0 Å². The quantitative estimate of drug-likeness (QED) is 0.318. The summed E-state index contributed by atoms with van der Waals surface area (Å²) >= 11 is 0. The summed E-state index contributed by atoms with van der Waals surface area (Å²) in [5.74, 6) is 0. The molecule has 4 nitrogen and oxygen atoms in total. The van der Waals surface area contributed by atoms with Crippen LogP contribution in [0.1, 0.15) is 6.99 Å². The van der Waals surface area contributed by atoms with E-state index in [1.54, 1.807) is 6.92 Å². The molecule has 0 aliphatic heterocycles. The van der Waals surface area contributed by atoms with Crippen molar-refractivity contribution in [1.29, 1.82) is 0 Å². The van der Waals surface area contributed by atoms with Crippen LogP contribution in [-0.2, 0) is 10.1 Å². The molecule has 0 fully saturated rings. The number of hydrogen-bond acceptors (Lipinski definition) is 3. The fraction of sp³-hybridized carbons (Fsp3) is 0.143. The van der Waals surface area contributed by atoms with Gasteiger partial charge in [-0.15, -0.1) is 0 Å². The van der Waals surface area contributed by atoms with Gasteiger partial charge < -0.3 is 7.16 Å². The van der Waals surface area contributed by atoms with Gasteiger partial charge in [-0.2, -0.15) is 8.42 Å². The number of nitrogens with two attached hydrogens (primary N) is 1. The molecule has 13 heavy (non-hydrogen) atoms. The Morgan fingerprint density at radius 2 is 2.00 bits per heavy atom. The van der Waals surface area contributed by atoms with E-state index >= 15 is 0 Å². The van der Waals surface area contributed by atoms with E-state index in [9.17, 15) is 8.42 Å². The normalized spacial score (nSPS) is 10.6. The molecule has 0 atom stereocenters. The average Bonchev–Trinajstić information content (AvgIpc) is 1.83. The van der Waals surface area contributed by atoms with Gasteiger partial charge in [-0.1, -0.05) is 0 Å². The number of nitrogen functional groups attached to an aromatic ring is 1. The molecule has 1 aromatic carbocycles. The molecule has 0 saturated carbocycles. The number of benzene rings is 1. The third kappa shape index (κ3) is 3.28. The maximum absolute atomic E-state index is 10.7. The van der Waals surface area contributed by atoms with Crippen molar-refractivity contribution in [2.75, 3.05) is 5.73 Å². The Morgan fingerprint density at radius 3 is 2.38 bits per heavy atom. The summed E-state index contributed by atoms with van der Waals surface area (Å²) in [5.41, 5.74) is 6.31. The molecule has 0 aliphatic rings. The Kier molecular flexibility index (Phi) is 4.41. The van der Waals surface area contributed by atoms with Gasteiger partial charge in [0.15, 0.2) is 0 Å². The molecular formula is C7H10NNaO3S. The van der Waals surface area contributed by atoms with Crippen molar-refractivity contribution in [3.63, 3.8) is 0 Å². The van der Waals surface area contributed by atoms with Gasteiger partial charge in [0.05, 0.1) is 4.90 Å². The largest absolute Gasteiger partial charge is 1.00 e. The minimum atomic E-state index is -4.11. The van der Waals surface area contributed by atoms with E-state index in [0.717, 1.165) is 0 Å².